The van der Waals surface area contributed by atoms with E-state index in [-0.39, 0.29) is 29.4 Å². The van der Waals surface area contributed by atoms with E-state index < -0.39 is 18.1 Å². The number of nitrogens with two attached hydrogens (primary N) is 1. The molecule has 0 amide bonds. The van der Waals surface area contributed by atoms with Crippen LogP contribution < -0.4 is 20.7 Å². The molecule has 2 aromatic rings. The molecule has 210 valence electrons. The van der Waals surface area contributed by atoms with Crippen molar-refractivity contribution < 1.29 is 18.3 Å². The van der Waals surface area contributed by atoms with Gasteiger partial charge in [-0.2, -0.15) is 9.97 Å². The number of hydrogen-bond donors (Lipinski definition) is 2. The van der Waals surface area contributed by atoms with E-state index in [2.05, 4.69) is 15.1 Å². The van der Waals surface area contributed by atoms with Gasteiger partial charge in [-0.1, -0.05) is 11.6 Å². The molecule has 0 aliphatic carbocycles. The second-order valence-corrected chi connectivity index (χ2v) is 12.4. The van der Waals surface area contributed by atoms with E-state index in [1.165, 1.54) is 0 Å². The molecular formula is C28H35ClF2N6O2. The largest absolute Gasteiger partial charge is 0.461 e. The number of hydrogen-bond acceptors (Lipinski definition) is 8. The van der Waals surface area contributed by atoms with Crippen molar-refractivity contribution in [2.75, 3.05) is 43.4 Å². The number of benzene rings is 1. The Labute approximate surface area is 232 Å². The summed E-state index contributed by atoms with van der Waals surface area (Å²) in [5.41, 5.74) is 8.33. The molecular weight excluding hydrogens is 526 g/mol. The average molecular weight is 561 g/mol. The second kappa shape index (κ2) is 9.68. The summed E-state index contributed by atoms with van der Waals surface area (Å²) in [6.45, 7) is 5.45. The van der Waals surface area contributed by atoms with Gasteiger partial charge in [-0.05, 0) is 50.8 Å². The normalized spacial score (nSPS) is 31.9. The zero-order valence-corrected chi connectivity index (χ0v) is 22.9. The molecule has 4 fully saturated rings. The monoisotopic (exact) mass is 560 g/mol. The third kappa shape index (κ3) is 4.44. The third-order valence-electron chi connectivity index (χ3n) is 9.37. The van der Waals surface area contributed by atoms with Crippen molar-refractivity contribution in [1.29, 1.82) is 0 Å². The minimum absolute atomic E-state index is 0.0492. The van der Waals surface area contributed by atoms with Gasteiger partial charge in [0.05, 0.1) is 34.7 Å². The SMILES string of the molecule is Cc1cc(N)c(F)c(C2Cc3nc(OC[C@@]45CCCN4C[C@H](F)C5)nc(N4CC5CCC(C4)N5)c3CO2)c1Cl. The zero-order chi connectivity index (χ0) is 26.9. The lowest BCUT2D eigenvalue weighted by molar-refractivity contribution is 0.0233. The van der Waals surface area contributed by atoms with Gasteiger partial charge in [-0.25, -0.2) is 8.78 Å². The van der Waals surface area contributed by atoms with Gasteiger partial charge in [-0.3, -0.25) is 4.90 Å². The first-order chi connectivity index (χ1) is 18.8. The van der Waals surface area contributed by atoms with Crippen LogP contribution in [0.15, 0.2) is 6.07 Å². The Morgan fingerprint density at radius 3 is 2.85 bits per heavy atom. The van der Waals surface area contributed by atoms with E-state index in [0.717, 1.165) is 62.4 Å². The van der Waals surface area contributed by atoms with E-state index in [9.17, 15) is 4.39 Å². The van der Waals surface area contributed by atoms with Crippen molar-refractivity contribution in [2.45, 2.75) is 82.0 Å². The highest BCUT2D eigenvalue weighted by molar-refractivity contribution is 6.32. The smallest absolute Gasteiger partial charge is 0.318 e. The lowest BCUT2D eigenvalue weighted by Gasteiger charge is -2.37. The lowest BCUT2D eigenvalue weighted by Crippen LogP contribution is -2.52. The Kier molecular flexibility index (Phi) is 6.37. The van der Waals surface area contributed by atoms with Crippen LogP contribution in [-0.2, 0) is 17.8 Å². The summed E-state index contributed by atoms with van der Waals surface area (Å²) in [6, 6.07) is 2.67. The number of aryl methyl sites for hydroxylation is 1. The summed E-state index contributed by atoms with van der Waals surface area (Å²) < 4.78 is 42.1. The number of nitrogens with one attached hydrogen (secondary N) is 1. The van der Waals surface area contributed by atoms with Crippen molar-refractivity contribution in [3.63, 3.8) is 0 Å². The fraction of sp³-hybridized carbons (Fsp3) is 0.643. The lowest BCUT2D eigenvalue weighted by atomic mass is 9.95. The molecule has 0 saturated carbocycles. The van der Waals surface area contributed by atoms with Crippen molar-refractivity contribution in [3.05, 3.63) is 39.3 Å². The minimum atomic E-state index is -0.829. The molecule has 39 heavy (non-hydrogen) atoms. The van der Waals surface area contributed by atoms with E-state index in [1.807, 2.05) is 0 Å². The van der Waals surface area contributed by atoms with Crippen LogP contribution in [0.1, 0.15) is 60.6 Å². The number of anilines is 2. The standard InChI is InChI=1S/C28H35ClF2N6O2/c1-15-7-20(32)25(31)23(24(15)29)22-8-21-19(13-38-22)26(36-11-17-3-4-18(12-36)33-17)35-27(34-21)39-14-28-5-2-6-37(28)10-16(30)9-28/h7,16-18,22,33H,2-6,8-14,32H2,1H3/t16-,17?,18?,22?,28+/m1/s1. The molecule has 2 bridgehead atoms. The highest BCUT2D eigenvalue weighted by Gasteiger charge is 2.49. The second-order valence-electron chi connectivity index (χ2n) is 12.0. The Morgan fingerprint density at radius 2 is 2.05 bits per heavy atom. The highest BCUT2D eigenvalue weighted by Crippen LogP contribution is 2.43. The summed E-state index contributed by atoms with van der Waals surface area (Å²) >= 11 is 6.56. The number of aromatic nitrogens is 2. The first-order valence-electron chi connectivity index (χ1n) is 14.1. The third-order valence-corrected chi connectivity index (χ3v) is 9.87. The van der Waals surface area contributed by atoms with Crippen LogP contribution >= 0.6 is 11.6 Å². The number of fused-ring (bicyclic) bond motifs is 4. The molecule has 3 N–H and O–H groups in total. The maximum atomic E-state index is 15.2. The van der Waals surface area contributed by atoms with Gasteiger partial charge in [0.1, 0.15) is 18.6 Å². The molecule has 0 spiro atoms. The molecule has 7 rings (SSSR count). The van der Waals surface area contributed by atoms with Crippen LogP contribution in [-0.4, -0.2) is 71.4 Å². The quantitative estimate of drug-likeness (QED) is 0.533. The van der Waals surface area contributed by atoms with Crippen molar-refractivity contribution in [3.8, 4) is 6.01 Å². The van der Waals surface area contributed by atoms with Gasteiger partial charge in [0, 0.05) is 55.7 Å². The van der Waals surface area contributed by atoms with E-state index in [0.29, 0.717) is 48.7 Å². The summed E-state index contributed by atoms with van der Waals surface area (Å²) in [5, 5.41) is 3.99. The fourth-order valence-corrected chi connectivity index (χ4v) is 7.73. The maximum Gasteiger partial charge on any atom is 0.318 e. The van der Waals surface area contributed by atoms with Crippen LogP contribution in [0.25, 0.3) is 0 Å². The number of nitrogens with zero attached hydrogens (tertiary/aromatic N) is 4. The van der Waals surface area contributed by atoms with Crippen molar-refractivity contribution in [1.82, 2.24) is 20.2 Å². The molecule has 5 aliphatic rings. The Balaban J connectivity index is 1.23. The molecule has 1 aromatic heterocycles. The number of piperazine rings is 1. The number of halogens is 3. The number of rotatable bonds is 5. The molecule has 5 atom stereocenters. The van der Waals surface area contributed by atoms with Gasteiger partial charge >= 0.3 is 6.01 Å². The Bertz CT molecular complexity index is 1260. The number of alkyl halides is 1. The highest BCUT2D eigenvalue weighted by atomic mass is 35.5. The molecule has 5 aliphatic heterocycles. The zero-order valence-electron chi connectivity index (χ0n) is 22.2. The molecule has 6 heterocycles. The topological polar surface area (TPSA) is 88.8 Å². The number of ether oxygens (including phenoxy) is 2. The maximum absolute atomic E-state index is 15.2. The van der Waals surface area contributed by atoms with Crippen molar-refractivity contribution >= 4 is 23.1 Å². The summed E-state index contributed by atoms with van der Waals surface area (Å²) in [6.07, 6.45) is 3.59. The van der Waals surface area contributed by atoms with Crippen LogP contribution in [0, 0.1) is 12.7 Å². The number of nitrogen functional groups attached to an aromatic ring is 1. The predicted octanol–water partition coefficient (Wildman–Crippen LogP) is 3.87. The Hall–Kier alpha value is -2.27. The summed E-state index contributed by atoms with van der Waals surface area (Å²) in [5.74, 6) is 0.267. The molecule has 4 saturated heterocycles. The predicted molar refractivity (Wildman–Crippen MR) is 145 cm³/mol. The van der Waals surface area contributed by atoms with Crippen LogP contribution in [0.4, 0.5) is 20.3 Å². The minimum Gasteiger partial charge on any atom is -0.461 e. The van der Waals surface area contributed by atoms with Crippen LogP contribution in [0.2, 0.25) is 5.02 Å². The molecule has 0 radical (unpaired) electrons. The molecule has 1 aromatic carbocycles. The van der Waals surface area contributed by atoms with Crippen molar-refractivity contribution in [2.24, 2.45) is 0 Å². The van der Waals surface area contributed by atoms with Crippen LogP contribution in [0.3, 0.4) is 0 Å². The van der Waals surface area contributed by atoms with E-state index in [1.54, 1.807) is 13.0 Å². The molecule has 3 unspecified atom stereocenters. The summed E-state index contributed by atoms with van der Waals surface area (Å²) in [4.78, 5) is 14.3. The molecule has 11 heteroatoms. The van der Waals surface area contributed by atoms with Gasteiger partial charge < -0.3 is 25.4 Å². The van der Waals surface area contributed by atoms with E-state index >= 15 is 4.39 Å². The Morgan fingerprint density at radius 1 is 1.26 bits per heavy atom. The van der Waals surface area contributed by atoms with Gasteiger partial charge in [0.2, 0.25) is 0 Å². The first-order valence-corrected chi connectivity index (χ1v) is 14.5. The van der Waals surface area contributed by atoms with Gasteiger partial charge in [-0.15, -0.1) is 0 Å². The molecule has 8 nitrogen and oxygen atoms in total. The average Bonchev–Trinajstić information content (AvgIpc) is 3.56. The van der Waals surface area contributed by atoms with Gasteiger partial charge in [0.25, 0.3) is 0 Å². The van der Waals surface area contributed by atoms with Crippen LogP contribution in [0.5, 0.6) is 6.01 Å². The first kappa shape index (κ1) is 25.7. The van der Waals surface area contributed by atoms with E-state index in [4.69, 9.17) is 36.8 Å². The fourth-order valence-electron chi connectivity index (χ4n) is 7.47. The summed E-state index contributed by atoms with van der Waals surface area (Å²) in [7, 11) is 0. The van der Waals surface area contributed by atoms with Gasteiger partial charge in [0.15, 0.2) is 5.82 Å².